The standard InChI is InChI=1S/C18H21NO.C16H16O.C15H14O.C14H20O.C7H14.C6H9F3O.C6H12O.2C5H12/c1-18(2,3)15-9-10-17-14(11-15)12-19(13-20-17)16-7-5-4-6-8-16;1-2-14-8-10-16(11-9-14)13-17-12-15-6-4-3-5-7-15;1-2-13-8-10-14(11-9-13)12-16-15-6-4-3-5-7-15;1-5-12-6-8-13(9-7-12)10-15-11-14(2,3)4;1-6(2)7(3,4)5;1-6(2,3)10-5(9)4(7)8;1-6(2,3)5-4-7-5;2*1-5(2,3)4/h4-11H,12-13H2,1-3H3;2-11H,1,12-13H2;2-11H,1,12H2;5-9H,1,10-11H2,2-4H3;1H2,2-5H3;1-3H3;5H,4H2,1-3H3;2*1-4H3. The summed E-state index contributed by atoms with van der Waals surface area (Å²) in [6.45, 7) is 71.2. The van der Waals surface area contributed by atoms with E-state index in [1.165, 1.54) is 59.8 Å². The van der Waals surface area contributed by atoms with Gasteiger partial charge in [0.25, 0.3) is 0 Å². The molecule has 0 saturated carbocycles. The first-order chi connectivity index (χ1) is 47.2. The van der Waals surface area contributed by atoms with Gasteiger partial charge in [-0.3, -0.25) is 0 Å². The van der Waals surface area contributed by atoms with E-state index in [1.807, 2.05) is 97.1 Å². The minimum atomic E-state index is -2.42. The number of hydrogen-bond donors (Lipinski definition) is 0. The molecule has 2 aliphatic heterocycles. The molecule has 10 heteroatoms. The van der Waals surface area contributed by atoms with Gasteiger partial charge in [0.1, 0.15) is 23.7 Å². The highest BCUT2D eigenvalue weighted by molar-refractivity contribution is 5.52. The van der Waals surface area contributed by atoms with Gasteiger partial charge in [-0.2, -0.15) is 13.2 Å². The van der Waals surface area contributed by atoms with Crippen LogP contribution >= 0.6 is 0 Å². The van der Waals surface area contributed by atoms with E-state index in [-0.39, 0.29) is 10.8 Å². The smallest absolute Gasteiger partial charge is 0.342 e. The van der Waals surface area contributed by atoms with Gasteiger partial charge in [-0.1, -0.05) is 334 Å². The summed E-state index contributed by atoms with van der Waals surface area (Å²) in [6, 6.07) is 59.9. The highest BCUT2D eigenvalue weighted by atomic mass is 19.3. The highest BCUT2D eigenvalue weighted by Crippen LogP contribution is 2.34. The Balaban J connectivity index is 0.000000595. The molecule has 1 saturated heterocycles. The number of halogens is 3. The zero-order chi connectivity index (χ0) is 77.5. The van der Waals surface area contributed by atoms with Crippen LogP contribution in [0.4, 0.5) is 18.9 Å². The van der Waals surface area contributed by atoms with Crippen LogP contribution in [0.5, 0.6) is 11.5 Å². The molecule has 0 amide bonds. The second-order valence-corrected chi connectivity index (χ2v) is 33.8. The maximum atomic E-state index is 11.9. The fraction of sp³-hybridized carbons (Fsp3) is 0.435. The predicted octanol–water partition coefficient (Wildman–Crippen LogP) is 27.2. The molecular weight excluding hydrogens is 1270 g/mol. The van der Waals surface area contributed by atoms with E-state index >= 15 is 0 Å². The molecule has 102 heavy (non-hydrogen) atoms. The average Bonchev–Trinajstić information content (AvgIpc) is 0.980. The van der Waals surface area contributed by atoms with Crippen molar-refractivity contribution in [1.29, 1.82) is 0 Å². The Morgan fingerprint density at radius 2 is 0.873 bits per heavy atom. The second-order valence-electron chi connectivity index (χ2n) is 33.8. The summed E-state index contributed by atoms with van der Waals surface area (Å²) >= 11 is 0. The van der Waals surface area contributed by atoms with Crippen molar-refractivity contribution in [2.45, 2.75) is 216 Å². The van der Waals surface area contributed by atoms with E-state index in [9.17, 15) is 13.2 Å². The van der Waals surface area contributed by atoms with Gasteiger partial charge >= 0.3 is 12.1 Å². The molecule has 0 radical (unpaired) electrons. The van der Waals surface area contributed by atoms with Gasteiger partial charge in [-0.15, -0.1) is 0 Å². The van der Waals surface area contributed by atoms with E-state index in [4.69, 9.17) is 23.7 Å². The normalized spacial score (nSPS) is 12.9. The zero-order valence-electron chi connectivity index (χ0n) is 67.1. The van der Waals surface area contributed by atoms with Crippen molar-refractivity contribution < 1.29 is 41.6 Å². The SMILES string of the molecule is C=C(C)C(C)(C)C.C=Cc1ccc(COCC(C)(C)C)cc1.C=Cc1ccc(COCc2ccccc2)cc1.C=Cc1ccc(COc2ccccc2)cc1.CC(C)(C)C.CC(C)(C)C.CC(C)(C)C1CO1.CC(C)(C)OC(F)=C(F)F.CC(C)(C)c1ccc2c(c1)CN(c1ccccc1)CO2. The average molecular weight is 1400 g/mol. The van der Waals surface area contributed by atoms with Crippen LogP contribution in [0.15, 0.2) is 226 Å². The third-order valence-electron chi connectivity index (χ3n) is 13.9. The Hall–Kier alpha value is -7.89. The summed E-state index contributed by atoms with van der Waals surface area (Å²) in [4.78, 5) is 2.26. The van der Waals surface area contributed by atoms with Crippen molar-refractivity contribution >= 4 is 23.9 Å². The molecule has 1 atom stereocenters. The molecule has 7 aromatic carbocycles. The second kappa shape index (κ2) is 45.3. The summed E-state index contributed by atoms with van der Waals surface area (Å²) in [7, 11) is 0. The molecular formula is C92H130F3NO6. The summed E-state index contributed by atoms with van der Waals surface area (Å²) < 4.78 is 66.6. The first kappa shape index (κ1) is 92.1. The molecule has 560 valence electrons. The maximum absolute atomic E-state index is 11.9. The van der Waals surface area contributed by atoms with E-state index in [0.717, 1.165) is 53.5 Å². The van der Waals surface area contributed by atoms with Gasteiger partial charge in [0, 0.05) is 17.8 Å². The lowest BCUT2D eigenvalue weighted by Gasteiger charge is -2.32. The summed E-state index contributed by atoms with van der Waals surface area (Å²) in [5.41, 5.74) is 14.4. The number of benzene rings is 7. The van der Waals surface area contributed by atoms with Gasteiger partial charge in [0.05, 0.1) is 39.1 Å². The summed E-state index contributed by atoms with van der Waals surface area (Å²) in [5, 5.41) is 0. The van der Waals surface area contributed by atoms with E-state index in [2.05, 4.69) is 284 Å². The molecule has 0 aromatic heterocycles. The number of hydrogen-bond acceptors (Lipinski definition) is 7. The Morgan fingerprint density at radius 3 is 1.20 bits per heavy atom. The summed E-state index contributed by atoms with van der Waals surface area (Å²) in [6.07, 6.45) is 3.65. The predicted molar refractivity (Wildman–Crippen MR) is 433 cm³/mol. The minimum Gasteiger partial charge on any atom is -0.489 e. The highest BCUT2D eigenvalue weighted by Gasteiger charge is 2.35. The van der Waals surface area contributed by atoms with Crippen LogP contribution in [0.3, 0.4) is 0 Å². The number of nitrogens with zero attached hydrogens (tertiary/aromatic N) is 1. The Kier molecular flexibility index (Phi) is 40.9. The quantitative estimate of drug-likeness (QED) is 0.0576. The fourth-order valence-corrected chi connectivity index (χ4v) is 7.64. The number of rotatable bonds is 15. The number of para-hydroxylation sites is 2. The number of ether oxygens (including phenoxy) is 6. The van der Waals surface area contributed by atoms with Crippen molar-refractivity contribution in [2.24, 2.45) is 27.1 Å². The van der Waals surface area contributed by atoms with Crippen LogP contribution in [0.1, 0.15) is 216 Å². The molecule has 0 bridgehead atoms. The van der Waals surface area contributed by atoms with Crippen LogP contribution < -0.4 is 14.4 Å². The van der Waals surface area contributed by atoms with Crippen molar-refractivity contribution in [3.8, 4) is 11.5 Å². The lowest BCUT2D eigenvalue weighted by molar-refractivity contribution is 0.00175. The van der Waals surface area contributed by atoms with Crippen molar-refractivity contribution in [1.82, 2.24) is 0 Å². The monoisotopic (exact) mass is 1400 g/mol. The zero-order valence-corrected chi connectivity index (χ0v) is 67.1. The van der Waals surface area contributed by atoms with Gasteiger partial charge in [-0.05, 0) is 141 Å². The summed E-state index contributed by atoms with van der Waals surface area (Å²) in [5.74, 6) is 1.92. The van der Waals surface area contributed by atoms with E-state index in [1.54, 1.807) is 0 Å². The van der Waals surface area contributed by atoms with Crippen LogP contribution in [-0.2, 0) is 57.3 Å². The van der Waals surface area contributed by atoms with Gasteiger partial charge < -0.3 is 33.3 Å². The molecule has 7 nitrogen and oxygen atoms in total. The Bertz CT molecular complexity index is 3430. The molecule has 1 fully saturated rings. The van der Waals surface area contributed by atoms with Crippen LogP contribution in [-0.4, -0.2) is 31.6 Å². The molecule has 2 heterocycles. The molecule has 7 aromatic rings. The molecule has 1 unspecified atom stereocenters. The topological polar surface area (TPSA) is 61.9 Å². The lowest BCUT2D eigenvalue weighted by atomic mass is 9.86. The Labute approximate surface area is 618 Å². The maximum Gasteiger partial charge on any atom is 0.342 e. The molecule has 0 aliphatic carbocycles. The first-order valence-corrected chi connectivity index (χ1v) is 35.4. The van der Waals surface area contributed by atoms with Crippen molar-refractivity contribution in [3.63, 3.8) is 0 Å². The third kappa shape index (κ3) is 48.1. The number of allylic oxidation sites excluding steroid dienone is 1. The number of anilines is 1. The van der Waals surface area contributed by atoms with E-state index < -0.39 is 17.7 Å². The van der Waals surface area contributed by atoms with E-state index in [0.29, 0.717) is 60.9 Å². The van der Waals surface area contributed by atoms with Gasteiger partial charge in [0.15, 0.2) is 6.73 Å². The number of epoxide rings is 1. The molecule has 0 spiro atoms. The molecule has 0 N–H and O–H groups in total. The van der Waals surface area contributed by atoms with Gasteiger partial charge in [0.2, 0.25) is 0 Å². The number of fused-ring (bicyclic) bond motifs is 1. The lowest BCUT2D eigenvalue weighted by Crippen LogP contribution is -2.32. The molecule has 2 aliphatic rings. The first-order valence-electron chi connectivity index (χ1n) is 35.4. The minimum absolute atomic E-state index is 0.171. The van der Waals surface area contributed by atoms with Crippen molar-refractivity contribution in [3.05, 3.63) is 276 Å². The Morgan fingerprint density at radius 1 is 0.500 bits per heavy atom. The van der Waals surface area contributed by atoms with Crippen LogP contribution in [0.25, 0.3) is 18.2 Å². The fourth-order valence-electron chi connectivity index (χ4n) is 7.64. The van der Waals surface area contributed by atoms with Crippen molar-refractivity contribution in [2.75, 3.05) is 24.8 Å². The van der Waals surface area contributed by atoms with Crippen LogP contribution in [0, 0.1) is 27.1 Å². The van der Waals surface area contributed by atoms with Crippen LogP contribution in [0.2, 0.25) is 0 Å². The third-order valence-corrected chi connectivity index (χ3v) is 13.9. The van der Waals surface area contributed by atoms with Gasteiger partial charge in [-0.25, -0.2) is 0 Å². The largest absolute Gasteiger partial charge is 0.489 e. The molecule has 9 rings (SSSR count).